The van der Waals surface area contributed by atoms with Crippen molar-refractivity contribution in [3.05, 3.63) is 28.2 Å². The van der Waals surface area contributed by atoms with Gasteiger partial charge in [0.15, 0.2) is 0 Å². The van der Waals surface area contributed by atoms with Gasteiger partial charge in [0.1, 0.15) is 11.9 Å². The van der Waals surface area contributed by atoms with Crippen LogP contribution in [0.25, 0.3) is 0 Å². The van der Waals surface area contributed by atoms with Crippen LogP contribution in [0.3, 0.4) is 0 Å². The first kappa shape index (κ1) is 12.1. The maximum Gasteiger partial charge on any atom is 0.221 e. The molecule has 1 aromatic rings. The van der Waals surface area contributed by atoms with Gasteiger partial charge in [-0.25, -0.2) is 0 Å². The molecular formula is C10H11Cl2NO2. The molecule has 0 radical (unpaired) electrons. The topological polar surface area (TPSA) is 52.3 Å². The fourth-order valence-electron chi connectivity index (χ4n) is 1.11. The smallest absolute Gasteiger partial charge is 0.221 e. The number of amides is 1. The van der Waals surface area contributed by atoms with Crippen LogP contribution in [0.15, 0.2) is 18.2 Å². The van der Waals surface area contributed by atoms with Crippen LogP contribution in [0.2, 0.25) is 10.0 Å². The lowest BCUT2D eigenvalue weighted by atomic mass is 10.2. The van der Waals surface area contributed by atoms with Gasteiger partial charge in [0.05, 0.1) is 16.5 Å². The Hall–Kier alpha value is -0.930. The number of carbonyl (C=O) groups is 1. The molecule has 0 fully saturated rings. The molecule has 0 aliphatic heterocycles. The lowest BCUT2D eigenvalue weighted by Gasteiger charge is -2.13. The summed E-state index contributed by atoms with van der Waals surface area (Å²) in [5.74, 6) is 0.167. The summed E-state index contributed by atoms with van der Waals surface area (Å²) in [5.41, 5.74) is 5.03. The molecule has 1 aromatic carbocycles. The molecule has 0 spiro atoms. The summed E-state index contributed by atoms with van der Waals surface area (Å²) < 4.78 is 5.42. The summed E-state index contributed by atoms with van der Waals surface area (Å²) in [7, 11) is 0. The number of hydrogen-bond donors (Lipinski definition) is 1. The number of benzene rings is 1. The van der Waals surface area contributed by atoms with Crippen LogP contribution >= 0.6 is 23.2 Å². The molecule has 5 heteroatoms. The Morgan fingerprint density at radius 2 is 2.13 bits per heavy atom. The van der Waals surface area contributed by atoms with E-state index in [-0.39, 0.29) is 12.5 Å². The average Bonchev–Trinajstić information content (AvgIpc) is 2.10. The van der Waals surface area contributed by atoms with Gasteiger partial charge >= 0.3 is 0 Å². The molecule has 0 aromatic heterocycles. The highest BCUT2D eigenvalue weighted by Gasteiger charge is 2.08. The quantitative estimate of drug-likeness (QED) is 0.890. The Balaban J connectivity index is 2.64. The van der Waals surface area contributed by atoms with Gasteiger partial charge in [0.2, 0.25) is 5.91 Å². The van der Waals surface area contributed by atoms with Gasteiger partial charge in [-0.3, -0.25) is 4.79 Å². The largest absolute Gasteiger partial charge is 0.490 e. The highest BCUT2D eigenvalue weighted by atomic mass is 35.5. The van der Waals surface area contributed by atoms with Crippen molar-refractivity contribution in [2.24, 2.45) is 5.73 Å². The first-order chi connectivity index (χ1) is 6.99. The number of nitrogens with two attached hydrogens (primary N) is 1. The Kier molecular flexibility index (Phi) is 4.24. The molecule has 82 valence electrons. The first-order valence-corrected chi connectivity index (χ1v) is 5.14. The van der Waals surface area contributed by atoms with Gasteiger partial charge in [-0.15, -0.1) is 0 Å². The molecule has 0 bridgehead atoms. The molecule has 0 heterocycles. The van der Waals surface area contributed by atoms with E-state index < -0.39 is 5.91 Å². The van der Waals surface area contributed by atoms with Crippen molar-refractivity contribution >= 4 is 29.1 Å². The third kappa shape index (κ3) is 3.98. The van der Waals surface area contributed by atoms with E-state index in [4.69, 9.17) is 33.7 Å². The monoisotopic (exact) mass is 247 g/mol. The van der Waals surface area contributed by atoms with E-state index in [2.05, 4.69) is 0 Å². The Bertz CT molecular complexity index is 368. The summed E-state index contributed by atoms with van der Waals surface area (Å²) in [4.78, 5) is 10.6. The number of carbonyl (C=O) groups excluding carboxylic acids is 1. The number of primary amides is 1. The molecule has 3 nitrogen and oxygen atoms in total. The van der Waals surface area contributed by atoms with Crippen molar-refractivity contribution in [1.29, 1.82) is 0 Å². The SMILES string of the molecule is CC(CC(N)=O)Oc1ccc(Cl)c(Cl)c1. The van der Waals surface area contributed by atoms with Gasteiger partial charge in [-0.05, 0) is 19.1 Å². The fraction of sp³-hybridized carbons (Fsp3) is 0.300. The number of halogens is 2. The average molecular weight is 248 g/mol. The second kappa shape index (κ2) is 5.24. The van der Waals surface area contributed by atoms with Crippen LogP contribution < -0.4 is 10.5 Å². The predicted octanol–water partition coefficient (Wildman–Crippen LogP) is 2.64. The zero-order chi connectivity index (χ0) is 11.4. The van der Waals surface area contributed by atoms with Crippen molar-refractivity contribution in [1.82, 2.24) is 0 Å². The van der Waals surface area contributed by atoms with Crippen LogP contribution in [0.5, 0.6) is 5.75 Å². The maximum absolute atomic E-state index is 10.6. The molecule has 0 saturated carbocycles. The minimum atomic E-state index is -0.400. The second-order valence-electron chi connectivity index (χ2n) is 3.17. The molecule has 1 atom stereocenters. The first-order valence-electron chi connectivity index (χ1n) is 4.39. The van der Waals surface area contributed by atoms with Gasteiger partial charge < -0.3 is 10.5 Å². The molecule has 0 aliphatic carbocycles. The number of rotatable bonds is 4. The van der Waals surface area contributed by atoms with E-state index in [0.717, 1.165) is 0 Å². The van der Waals surface area contributed by atoms with Crippen LogP contribution in [0, 0.1) is 0 Å². The highest BCUT2D eigenvalue weighted by molar-refractivity contribution is 6.42. The maximum atomic E-state index is 10.6. The molecule has 0 aliphatic rings. The minimum Gasteiger partial charge on any atom is -0.490 e. The molecule has 1 rings (SSSR count). The van der Waals surface area contributed by atoms with E-state index in [1.807, 2.05) is 0 Å². The van der Waals surface area contributed by atoms with Gasteiger partial charge in [0, 0.05) is 6.07 Å². The van der Waals surface area contributed by atoms with E-state index in [0.29, 0.717) is 15.8 Å². The van der Waals surface area contributed by atoms with Gasteiger partial charge in [-0.2, -0.15) is 0 Å². The number of hydrogen-bond acceptors (Lipinski definition) is 2. The van der Waals surface area contributed by atoms with Gasteiger partial charge in [-0.1, -0.05) is 23.2 Å². The second-order valence-corrected chi connectivity index (χ2v) is 3.99. The van der Waals surface area contributed by atoms with Crippen molar-refractivity contribution < 1.29 is 9.53 Å². The third-order valence-electron chi connectivity index (χ3n) is 1.72. The van der Waals surface area contributed by atoms with E-state index in [1.165, 1.54) is 0 Å². The molecule has 1 amide bonds. The van der Waals surface area contributed by atoms with Crippen LogP contribution in [-0.2, 0) is 4.79 Å². The normalized spacial score (nSPS) is 12.2. The van der Waals surface area contributed by atoms with Crippen molar-refractivity contribution in [2.45, 2.75) is 19.4 Å². The molecule has 0 saturated heterocycles. The summed E-state index contributed by atoms with van der Waals surface area (Å²) in [6.45, 7) is 1.76. The van der Waals surface area contributed by atoms with Gasteiger partial charge in [0.25, 0.3) is 0 Å². The van der Waals surface area contributed by atoms with Crippen LogP contribution in [-0.4, -0.2) is 12.0 Å². The summed E-state index contributed by atoms with van der Waals surface area (Å²) >= 11 is 11.5. The summed E-state index contributed by atoms with van der Waals surface area (Å²) in [6, 6.07) is 4.92. The molecule has 1 unspecified atom stereocenters. The van der Waals surface area contributed by atoms with Crippen LogP contribution in [0.1, 0.15) is 13.3 Å². The minimum absolute atomic E-state index is 0.167. The van der Waals surface area contributed by atoms with Crippen molar-refractivity contribution in [2.75, 3.05) is 0 Å². The van der Waals surface area contributed by atoms with Crippen LogP contribution in [0.4, 0.5) is 0 Å². The Morgan fingerprint density at radius 3 is 2.67 bits per heavy atom. The third-order valence-corrected chi connectivity index (χ3v) is 2.46. The predicted molar refractivity (Wildman–Crippen MR) is 60.4 cm³/mol. The lowest BCUT2D eigenvalue weighted by molar-refractivity contribution is -0.119. The zero-order valence-electron chi connectivity index (χ0n) is 8.17. The molecule has 2 N–H and O–H groups in total. The van der Waals surface area contributed by atoms with E-state index >= 15 is 0 Å². The number of ether oxygens (including phenoxy) is 1. The standard InChI is InChI=1S/C10H11Cl2NO2/c1-6(4-10(13)14)15-7-2-3-8(11)9(12)5-7/h2-3,5-6H,4H2,1H3,(H2,13,14). The zero-order valence-corrected chi connectivity index (χ0v) is 9.68. The fourth-order valence-corrected chi connectivity index (χ4v) is 1.40. The molecular weight excluding hydrogens is 237 g/mol. The summed E-state index contributed by atoms with van der Waals surface area (Å²) in [5, 5.41) is 0.881. The van der Waals surface area contributed by atoms with E-state index in [9.17, 15) is 4.79 Å². The Labute approximate surface area is 98.1 Å². The molecule has 15 heavy (non-hydrogen) atoms. The summed E-state index contributed by atoms with van der Waals surface area (Å²) in [6.07, 6.45) is -0.111. The van der Waals surface area contributed by atoms with Crippen molar-refractivity contribution in [3.63, 3.8) is 0 Å². The Morgan fingerprint density at radius 1 is 1.47 bits per heavy atom. The van der Waals surface area contributed by atoms with E-state index in [1.54, 1.807) is 25.1 Å². The highest BCUT2D eigenvalue weighted by Crippen LogP contribution is 2.26. The van der Waals surface area contributed by atoms with Crippen molar-refractivity contribution in [3.8, 4) is 5.75 Å². The lowest BCUT2D eigenvalue weighted by Crippen LogP contribution is -2.22.